The molecule has 0 radical (unpaired) electrons. The molecule has 1 rings (SSSR count). The Morgan fingerprint density at radius 2 is 1.90 bits per heavy atom. The molecular weight excluding hydrogens is 278 g/mol. The maximum Gasteiger partial charge on any atom is 0.319 e. The van der Waals surface area contributed by atoms with Crippen LogP contribution in [0.15, 0.2) is 24.3 Å². The van der Waals surface area contributed by atoms with Gasteiger partial charge in [0.2, 0.25) is 5.91 Å². The summed E-state index contributed by atoms with van der Waals surface area (Å²) < 4.78 is 0. The fourth-order valence-electron chi connectivity index (χ4n) is 1.42. The zero-order valence-corrected chi connectivity index (χ0v) is 12.5. The fourth-order valence-corrected chi connectivity index (χ4v) is 1.61. The van der Waals surface area contributed by atoms with Crippen LogP contribution in [0.2, 0.25) is 5.02 Å². The summed E-state index contributed by atoms with van der Waals surface area (Å²) in [5.74, 6) is 0.340. The van der Waals surface area contributed by atoms with E-state index in [1.807, 2.05) is 13.8 Å². The third-order valence-corrected chi connectivity index (χ3v) is 2.80. The molecule has 6 heteroatoms. The lowest BCUT2D eigenvalue weighted by molar-refractivity contribution is -0.121. The first-order valence-corrected chi connectivity index (χ1v) is 6.93. The van der Waals surface area contributed by atoms with E-state index in [9.17, 15) is 9.59 Å². The van der Waals surface area contributed by atoms with Crippen LogP contribution in [0, 0.1) is 5.92 Å². The Labute approximate surface area is 124 Å². The molecule has 1 aromatic rings. The summed E-state index contributed by atoms with van der Waals surface area (Å²) in [5.41, 5.74) is 0.538. The molecule has 0 unspecified atom stereocenters. The summed E-state index contributed by atoms with van der Waals surface area (Å²) in [7, 11) is 0. The molecule has 3 amide bonds. The van der Waals surface area contributed by atoms with E-state index in [1.54, 1.807) is 24.3 Å². The summed E-state index contributed by atoms with van der Waals surface area (Å²) >= 11 is 5.92. The molecule has 3 N–H and O–H groups in total. The van der Waals surface area contributed by atoms with Crippen LogP contribution in [0.1, 0.15) is 20.3 Å². The number of urea groups is 1. The second kappa shape index (κ2) is 8.43. The number of benzene rings is 1. The first kappa shape index (κ1) is 16.3. The van der Waals surface area contributed by atoms with Gasteiger partial charge in [0.15, 0.2) is 0 Å². The molecule has 0 fully saturated rings. The van der Waals surface area contributed by atoms with Crippen molar-refractivity contribution in [1.82, 2.24) is 10.6 Å². The van der Waals surface area contributed by atoms with E-state index >= 15 is 0 Å². The van der Waals surface area contributed by atoms with Crippen LogP contribution in [0.5, 0.6) is 0 Å². The number of amides is 3. The standard InChI is InChI=1S/C14H20ClN3O2/c1-10(2)9-17-13(19)7-8-16-14(20)18-12-6-4-3-5-11(12)15/h3-6,10H,7-9H2,1-2H3,(H,17,19)(H2,16,18,20). The molecule has 0 aliphatic heterocycles. The van der Waals surface area contributed by atoms with Crippen LogP contribution in [-0.2, 0) is 4.79 Å². The Morgan fingerprint density at radius 1 is 1.20 bits per heavy atom. The average molecular weight is 298 g/mol. The number of halogens is 1. The van der Waals surface area contributed by atoms with Gasteiger partial charge in [0.1, 0.15) is 0 Å². The minimum absolute atomic E-state index is 0.0725. The highest BCUT2D eigenvalue weighted by atomic mass is 35.5. The zero-order chi connectivity index (χ0) is 15.0. The molecule has 20 heavy (non-hydrogen) atoms. The van der Waals surface area contributed by atoms with E-state index in [2.05, 4.69) is 16.0 Å². The molecule has 0 aliphatic carbocycles. The van der Waals surface area contributed by atoms with Gasteiger partial charge < -0.3 is 16.0 Å². The van der Waals surface area contributed by atoms with E-state index in [1.165, 1.54) is 0 Å². The molecule has 0 saturated heterocycles. The van der Waals surface area contributed by atoms with Crippen LogP contribution < -0.4 is 16.0 Å². The highest BCUT2D eigenvalue weighted by Crippen LogP contribution is 2.19. The topological polar surface area (TPSA) is 70.2 Å². The maximum absolute atomic E-state index is 11.6. The number of rotatable bonds is 6. The van der Waals surface area contributed by atoms with Gasteiger partial charge >= 0.3 is 6.03 Å². The van der Waals surface area contributed by atoms with Crippen molar-refractivity contribution >= 4 is 29.2 Å². The smallest absolute Gasteiger partial charge is 0.319 e. The predicted octanol–water partition coefficient (Wildman–Crippen LogP) is 2.62. The highest BCUT2D eigenvalue weighted by molar-refractivity contribution is 6.33. The lowest BCUT2D eigenvalue weighted by atomic mass is 10.2. The molecule has 0 heterocycles. The Hall–Kier alpha value is -1.75. The lowest BCUT2D eigenvalue weighted by Gasteiger charge is -2.10. The van der Waals surface area contributed by atoms with Crippen molar-refractivity contribution in [3.05, 3.63) is 29.3 Å². The van der Waals surface area contributed by atoms with Crippen molar-refractivity contribution < 1.29 is 9.59 Å². The van der Waals surface area contributed by atoms with Crippen LogP contribution in [0.3, 0.4) is 0 Å². The van der Waals surface area contributed by atoms with E-state index in [-0.39, 0.29) is 24.9 Å². The zero-order valence-electron chi connectivity index (χ0n) is 11.7. The SMILES string of the molecule is CC(C)CNC(=O)CCNC(=O)Nc1ccccc1Cl. The predicted molar refractivity (Wildman–Crippen MR) is 80.9 cm³/mol. The largest absolute Gasteiger partial charge is 0.356 e. The molecule has 0 aromatic heterocycles. The van der Waals surface area contributed by atoms with Gasteiger partial charge in [-0.25, -0.2) is 4.79 Å². The summed E-state index contributed by atoms with van der Waals surface area (Å²) in [5, 5.41) is 8.48. The van der Waals surface area contributed by atoms with Gasteiger partial charge in [-0.1, -0.05) is 37.6 Å². The van der Waals surface area contributed by atoms with E-state index in [4.69, 9.17) is 11.6 Å². The van der Waals surface area contributed by atoms with Gasteiger partial charge in [0.25, 0.3) is 0 Å². The number of anilines is 1. The summed E-state index contributed by atoms with van der Waals surface area (Å²) in [4.78, 5) is 23.0. The molecule has 0 spiro atoms. The van der Waals surface area contributed by atoms with E-state index < -0.39 is 0 Å². The Kier molecular flexibility index (Phi) is 6.87. The average Bonchev–Trinajstić information content (AvgIpc) is 2.39. The normalized spacial score (nSPS) is 10.2. The van der Waals surface area contributed by atoms with E-state index in [0.29, 0.717) is 23.2 Å². The molecule has 1 aromatic carbocycles. The van der Waals surface area contributed by atoms with Gasteiger partial charge in [-0.3, -0.25) is 4.79 Å². The number of nitrogens with one attached hydrogen (secondary N) is 3. The van der Waals surface area contributed by atoms with Gasteiger partial charge in [-0.2, -0.15) is 0 Å². The van der Waals surface area contributed by atoms with Crippen molar-refractivity contribution in [3.63, 3.8) is 0 Å². The van der Waals surface area contributed by atoms with Crippen LogP contribution in [0.4, 0.5) is 10.5 Å². The first-order chi connectivity index (χ1) is 9.49. The van der Waals surface area contributed by atoms with Crippen LogP contribution in [0.25, 0.3) is 0 Å². The van der Waals surface area contributed by atoms with Crippen LogP contribution in [-0.4, -0.2) is 25.0 Å². The van der Waals surface area contributed by atoms with Gasteiger partial charge in [-0.05, 0) is 18.1 Å². The number of carbonyl (C=O) groups is 2. The molecule has 5 nitrogen and oxygen atoms in total. The minimum Gasteiger partial charge on any atom is -0.356 e. The number of carbonyl (C=O) groups excluding carboxylic acids is 2. The monoisotopic (exact) mass is 297 g/mol. The second-order valence-corrected chi connectivity index (χ2v) is 5.22. The molecule has 0 atom stereocenters. The highest BCUT2D eigenvalue weighted by Gasteiger charge is 2.06. The van der Waals surface area contributed by atoms with Crippen molar-refractivity contribution in [2.75, 3.05) is 18.4 Å². The van der Waals surface area contributed by atoms with Crippen molar-refractivity contribution in [2.24, 2.45) is 5.92 Å². The molecule has 0 aliphatic rings. The third-order valence-electron chi connectivity index (χ3n) is 2.47. The number of hydrogen-bond donors (Lipinski definition) is 3. The Morgan fingerprint density at radius 3 is 2.55 bits per heavy atom. The minimum atomic E-state index is -0.380. The van der Waals surface area contributed by atoms with E-state index in [0.717, 1.165) is 0 Å². The van der Waals surface area contributed by atoms with Gasteiger partial charge in [0, 0.05) is 19.5 Å². The van der Waals surface area contributed by atoms with Crippen molar-refractivity contribution in [1.29, 1.82) is 0 Å². The Bertz CT molecular complexity index is 463. The second-order valence-electron chi connectivity index (χ2n) is 4.81. The summed E-state index contributed by atoms with van der Waals surface area (Å²) in [6.45, 7) is 4.97. The molecule has 0 saturated carbocycles. The van der Waals surface area contributed by atoms with Crippen molar-refractivity contribution in [2.45, 2.75) is 20.3 Å². The first-order valence-electron chi connectivity index (χ1n) is 6.55. The number of hydrogen-bond acceptors (Lipinski definition) is 2. The molecular formula is C14H20ClN3O2. The molecule has 110 valence electrons. The van der Waals surface area contributed by atoms with Gasteiger partial charge in [0.05, 0.1) is 10.7 Å². The third kappa shape index (κ3) is 6.43. The summed E-state index contributed by atoms with van der Waals surface area (Å²) in [6.07, 6.45) is 0.253. The van der Waals surface area contributed by atoms with Crippen LogP contribution >= 0.6 is 11.6 Å². The van der Waals surface area contributed by atoms with Gasteiger partial charge in [-0.15, -0.1) is 0 Å². The summed E-state index contributed by atoms with van der Waals surface area (Å²) in [6, 6.07) is 6.58. The quantitative estimate of drug-likeness (QED) is 0.755. The number of para-hydroxylation sites is 1. The maximum atomic E-state index is 11.6. The van der Waals surface area contributed by atoms with Crippen molar-refractivity contribution in [3.8, 4) is 0 Å². The molecule has 0 bridgehead atoms. The fraction of sp³-hybridized carbons (Fsp3) is 0.429. The Balaban J connectivity index is 2.24. The lowest BCUT2D eigenvalue weighted by Crippen LogP contribution is -2.34.